The summed E-state index contributed by atoms with van der Waals surface area (Å²) in [4.78, 5) is 14.7. The minimum Gasteiger partial charge on any atom is -0.477 e. The van der Waals surface area contributed by atoms with Gasteiger partial charge in [-0.1, -0.05) is 12.1 Å². The van der Waals surface area contributed by atoms with E-state index in [4.69, 9.17) is 14.3 Å². The molecule has 0 saturated carbocycles. The number of hydrogen-bond donors (Lipinski definition) is 1. The SMILES string of the molecule is Cc1c2c(cc3c4c(c(=O)oc13)CCCC4)CN(Cc1ccc(S(N)(=O)=O)cc1)CO2. The summed E-state index contributed by atoms with van der Waals surface area (Å²) in [6.07, 6.45) is 3.78. The first kappa shape index (κ1) is 20.2. The van der Waals surface area contributed by atoms with E-state index < -0.39 is 10.0 Å². The maximum absolute atomic E-state index is 12.5. The largest absolute Gasteiger partial charge is 0.477 e. The fraction of sp³-hybridized carbons (Fsp3) is 0.348. The van der Waals surface area contributed by atoms with Crippen LogP contribution in [0.3, 0.4) is 0 Å². The highest BCUT2D eigenvalue weighted by Gasteiger charge is 2.25. The molecule has 31 heavy (non-hydrogen) atoms. The van der Waals surface area contributed by atoms with Gasteiger partial charge in [-0.2, -0.15) is 0 Å². The van der Waals surface area contributed by atoms with Gasteiger partial charge in [0.25, 0.3) is 0 Å². The molecular weight excluding hydrogens is 416 g/mol. The zero-order valence-corrected chi connectivity index (χ0v) is 18.1. The zero-order valence-electron chi connectivity index (χ0n) is 17.3. The average molecular weight is 441 g/mol. The van der Waals surface area contributed by atoms with Crippen molar-refractivity contribution in [1.82, 2.24) is 4.90 Å². The minimum atomic E-state index is -3.70. The van der Waals surface area contributed by atoms with Gasteiger partial charge in [0, 0.05) is 35.2 Å². The predicted molar refractivity (Wildman–Crippen MR) is 116 cm³/mol. The van der Waals surface area contributed by atoms with E-state index in [2.05, 4.69) is 11.0 Å². The van der Waals surface area contributed by atoms with E-state index in [0.717, 1.165) is 64.6 Å². The van der Waals surface area contributed by atoms with Gasteiger partial charge in [0.2, 0.25) is 10.0 Å². The third kappa shape index (κ3) is 3.64. The number of aryl methyl sites for hydroxylation is 2. The van der Waals surface area contributed by atoms with E-state index in [0.29, 0.717) is 25.4 Å². The number of fused-ring (bicyclic) bond motifs is 4. The van der Waals surface area contributed by atoms with E-state index in [1.165, 1.54) is 12.1 Å². The molecule has 7 nitrogen and oxygen atoms in total. The van der Waals surface area contributed by atoms with Gasteiger partial charge in [-0.3, -0.25) is 4.90 Å². The lowest BCUT2D eigenvalue weighted by Crippen LogP contribution is -2.32. The number of primary sulfonamides is 1. The number of hydrogen-bond acceptors (Lipinski definition) is 6. The van der Waals surface area contributed by atoms with Crippen molar-refractivity contribution < 1.29 is 17.6 Å². The van der Waals surface area contributed by atoms with Crippen LogP contribution >= 0.6 is 0 Å². The molecule has 0 atom stereocenters. The summed E-state index contributed by atoms with van der Waals surface area (Å²) in [5, 5.41) is 6.20. The van der Waals surface area contributed by atoms with Crippen molar-refractivity contribution >= 4 is 21.0 Å². The number of benzene rings is 2. The molecule has 0 fully saturated rings. The highest BCUT2D eigenvalue weighted by atomic mass is 32.2. The van der Waals surface area contributed by atoms with Crippen LogP contribution in [-0.4, -0.2) is 20.0 Å². The summed E-state index contributed by atoms with van der Waals surface area (Å²) in [5.74, 6) is 0.784. The van der Waals surface area contributed by atoms with Gasteiger partial charge < -0.3 is 9.15 Å². The second-order valence-electron chi connectivity index (χ2n) is 8.37. The molecule has 3 aromatic rings. The second kappa shape index (κ2) is 7.47. The van der Waals surface area contributed by atoms with Crippen molar-refractivity contribution in [1.29, 1.82) is 0 Å². The van der Waals surface area contributed by atoms with E-state index in [1.54, 1.807) is 12.1 Å². The number of nitrogens with zero attached hydrogens (tertiary/aromatic N) is 1. The molecular formula is C23H24N2O5S. The Morgan fingerprint density at radius 1 is 1.10 bits per heavy atom. The highest BCUT2D eigenvalue weighted by Crippen LogP contribution is 2.38. The first-order valence-corrected chi connectivity index (χ1v) is 11.9. The number of nitrogens with two attached hydrogens (primary N) is 1. The molecule has 0 saturated heterocycles. The second-order valence-corrected chi connectivity index (χ2v) is 9.93. The highest BCUT2D eigenvalue weighted by molar-refractivity contribution is 7.89. The van der Waals surface area contributed by atoms with Crippen LogP contribution in [0.25, 0.3) is 11.0 Å². The Hall–Kier alpha value is -2.68. The zero-order chi connectivity index (χ0) is 21.8. The summed E-state index contributed by atoms with van der Waals surface area (Å²) >= 11 is 0. The molecule has 162 valence electrons. The summed E-state index contributed by atoms with van der Waals surface area (Å²) in [5.41, 5.74) is 5.28. The van der Waals surface area contributed by atoms with Crippen molar-refractivity contribution in [3.8, 4) is 5.75 Å². The van der Waals surface area contributed by atoms with Crippen molar-refractivity contribution in [2.24, 2.45) is 5.14 Å². The molecule has 2 aliphatic rings. The van der Waals surface area contributed by atoms with Crippen LogP contribution in [0.15, 0.2) is 44.4 Å². The van der Waals surface area contributed by atoms with Crippen LogP contribution in [0.1, 0.15) is 40.7 Å². The Balaban J connectivity index is 1.47. The van der Waals surface area contributed by atoms with E-state index >= 15 is 0 Å². The third-order valence-electron chi connectivity index (χ3n) is 6.21. The van der Waals surface area contributed by atoms with Crippen LogP contribution in [-0.2, 0) is 36.0 Å². The molecule has 0 radical (unpaired) electrons. The molecule has 0 spiro atoms. The van der Waals surface area contributed by atoms with Crippen LogP contribution in [0, 0.1) is 6.92 Å². The number of sulfonamides is 1. The maximum atomic E-state index is 12.5. The van der Waals surface area contributed by atoms with Gasteiger partial charge in [-0.05, 0) is 61.9 Å². The summed E-state index contributed by atoms with van der Waals surface area (Å²) in [7, 11) is -3.70. The first-order valence-electron chi connectivity index (χ1n) is 10.4. The third-order valence-corrected chi connectivity index (χ3v) is 7.14. The average Bonchev–Trinajstić information content (AvgIpc) is 2.75. The Morgan fingerprint density at radius 2 is 1.81 bits per heavy atom. The summed E-state index contributed by atoms with van der Waals surface area (Å²) < 4.78 is 34.7. The molecule has 2 heterocycles. The van der Waals surface area contributed by atoms with Gasteiger partial charge in [0.15, 0.2) is 0 Å². The van der Waals surface area contributed by atoms with Gasteiger partial charge >= 0.3 is 5.63 Å². The Labute approximate surface area is 180 Å². The van der Waals surface area contributed by atoms with Crippen molar-refractivity contribution in [3.05, 3.63) is 68.6 Å². The van der Waals surface area contributed by atoms with E-state index in [-0.39, 0.29) is 10.5 Å². The lowest BCUT2D eigenvalue weighted by atomic mass is 9.89. The normalized spacial score (nSPS) is 16.6. The lowest BCUT2D eigenvalue weighted by molar-refractivity contribution is 0.0881. The van der Waals surface area contributed by atoms with Crippen molar-refractivity contribution in [2.75, 3.05) is 6.73 Å². The molecule has 2 aromatic carbocycles. The first-order chi connectivity index (χ1) is 14.8. The Morgan fingerprint density at radius 3 is 2.52 bits per heavy atom. The molecule has 1 aromatic heterocycles. The molecule has 2 N–H and O–H groups in total. The van der Waals surface area contributed by atoms with E-state index in [1.807, 2.05) is 6.92 Å². The van der Waals surface area contributed by atoms with Crippen LogP contribution < -0.4 is 15.5 Å². The molecule has 5 rings (SSSR count). The minimum absolute atomic E-state index is 0.102. The van der Waals surface area contributed by atoms with Crippen LogP contribution in [0.5, 0.6) is 5.75 Å². The van der Waals surface area contributed by atoms with Crippen LogP contribution in [0.4, 0.5) is 0 Å². The molecule has 8 heteroatoms. The van der Waals surface area contributed by atoms with Crippen molar-refractivity contribution in [3.63, 3.8) is 0 Å². The lowest BCUT2D eigenvalue weighted by Gasteiger charge is -2.30. The predicted octanol–water partition coefficient (Wildman–Crippen LogP) is 2.98. The topological polar surface area (TPSA) is 103 Å². The molecule has 1 aliphatic carbocycles. The molecule has 0 bridgehead atoms. The van der Waals surface area contributed by atoms with E-state index in [9.17, 15) is 13.2 Å². The van der Waals surface area contributed by atoms with Crippen molar-refractivity contribution in [2.45, 2.75) is 50.6 Å². The van der Waals surface area contributed by atoms with Gasteiger partial charge in [-0.25, -0.2) is 18.4 Å². The number of ether oxygens (including phenoxy) is 1. The summed E-state index contributed by atoms with van der Waals surface area (Å²) in [6.45, 7) is 3.65. The fourth-order valence-electron chi connectivity index (χ4n) is 4.69. The Bertz CT molecular complexity index is 1340. The standard InChI is InChI=1S/C23H24N2O5S/c1-14-21-16(10-20-18-4-2-3-5-19(18)23(26)30-22(14)20)12-25(13-29-21)11-15-6-8-17(9-7-15)31(24,27)28/h6-10H,2-5,11-13H2,1H3,(H2,24,27,28). The Kier molecular flexibility index (Phi) is 4.88. The quantitative estimate of drug-likeness (QED) is 0.628. The smallest absolute Gasteiger partial charge is 0.339 e. The van der Waals surface area contributed by atoms with Gasteiger partial charge in [0.1, 0.15) is 18.1 Å². The van der Waals surface area contributed by atoms with Gasteiger partial charge in [-0.15, -0.1) is 0 Å². The molecule has 0 unspecified atom stereocenters. The fourth-order valence-corrected chi connectivity index (χ4v) is 5.21. The van der Waals surface area contributed by atoms with Crippen LogP contribution in [0.2, 0.25) is 0 Å². The summed E-state index contributed by atoms with van der Waals surface area (Å²) in [6, 6.07) is 8.70. The molecule has 0 amide bonds. The van der Waals surface area contributed by atoms with Gasteiger partial charge in [0.05, 0.1) is 4.90 Å². The maximum Gasteiger partial charge on any atom is 0.339 e. The molecule has 1 aliphatic heterocycles. The monoisotopic (exact) mass is 440 g/mol. The number of rotatable bonds is 3.